The molecule has 0 aliphatic heterocycles. The van der Waals surface area contributed by atoms with Gasteiger partial charge in [-0.15, -0.1) is 0 Å². The van der Waals surface area contributed by atoms with Crippen molar-refractivity contribution in [3.63, 3.8) is 0 Å². The van der Waals surface area contributed by atoms with Crippen molar-refractivity contribution in [2.45, 2.75) is 6.54 Å². The van der Waals surface area contributed by atoms with Gasteiger partial charge in [0.25, 0.3) is 5.91 Å². The zero-order valence-corrected chi connectivity index (χ0v) is 13.5. The van der Waals surface area contributed by atoms with Crippen LogP contribution in [0.2, 0.25) is 0 Å². The van der Waals surface area contributed by atoms with Crippen molar-refractivity contribution in [2.24, 2.45) is 0 Å². The second-order valence-electron chi connectivity index (χ2n) is 4.58. The van der Waals surface area contributed by atoms with Crippen molar-refractivity contribution in [1.29, 1.82) is 0 Å². The van der Waals surface area contributed by atoms with Crippen molar-refractivity contribution in [3.05, 3.63) is 54.0 Å². The molecule has 6 nitrogen and oxygen atoms in total. The minimum absolute atomic E-state index is 0.242. The molecule has 0 bridgehead atoms. The van der Waals surface area contributed by atoms with E-state index in [1.54, 1.807) is 43.7 Å². The average Bonchev–Trinajstić information content (AvgIpc) is 3.07. The molecule has 2 rings (SSSR count). The summed E-state index contributed by atoms with van der Waals surface area (Å²) in [6.45, 7) is 1.39. The third kappa shape index (κ3) is 5.72. The second-order valence-corrected chi connectivity index (χ2v) is 4.99. The Morgan fingerprint density at radius 3 is 2.65 bits per heavy atom. The van der Waals surface area contributed by atoms with Gasteiger partial charge in [-0.3, -0.25) is 10.1 Å². The SMILES string of the molecule is COCCOc1ccc(C(=O)NC(=S)NCc2ccco2)cc1. The van der Waals surface area contributed by atoms with Gasteiger partial charge in [-0.05, 0) is 48.6 Å². The molecule has 0 saturated heterocycles. The van der Waals surface area contributed by atoms with Gasteiger partial charge in [-0.2, -0.15) is 0 Å². The number of furan rings is 1. The summed E-state index contributed by atoms with van der Waals surface area (Å²) < 4.78 is 15.5. The molecule has 0 aliphatic carbocycles. The molecule has 0 aliphatic rings. The summed E-state index contributed by atoms with van der Waals surface area (Å²) in [6.07, 6.45) is 1.58. The van der Waals surface area contributed by atoms with Crippen LogP contribution in [0.4, 0.5) is 0 Å². The minimum Gasteiger partial charge on any atom is -0.491 e. The van der Waals surface area contributed by atoms with E-state index in [9.17, 15) is 4.79 Å². The average molecular weight is 334 g/mol. The number of hydrogen-bond acceptors (Lipinski definition) is 5. The lowest BCUT2D eigenvalue weighted by Crippen LogP contribution is -2.38. The van der Waals surface area contributed by atoms with Gasteiger partial charge < -0.3 is 19.2 Å². The van der Waals surface area contributed by atoms with Crippen molar-refractivity contribution in [2.75, 3.05) is 20.3 Å². The number of amides is 1. The van der Waals surface area contributed by atoms with Crippen LogP contribution < -0.4 is 15.4 Å². The molecule has 7 heteroatoms. The second kappa shape index (κ2) is 8.92. The van der Waals surface area contributed by atoms with Crippen molar-refractivity contribution >= 4 is 23.2 Å². The summed E-state index contributed by atoms with van der Waals surface area (Å²) in [7, 11) is 1.61. The fourth-order valence-electron chi connectivity index (χ4n) is 1.75. The minimum atomic E-state index is -0.287. The topological polar surface area (TPSA) is 72.7 Å². The summed E-state index contributed by atoms with van der Waals surface area (Å²) in [6, 6.07) is 10.4. The van der Waals surface area contributed by atoms with Crippen LogP contribution >= 0.6 is 12.2 Å². The maximum absolute atomic E-state index is 12.1. The number of nitrogens with one attached hydrogen (secondary N) is 2. The Hall–Kier alpha value is -2.38. The molecule has 1 amide bonds. The molecule has 0 atom stereocenters. The summed E-state index contributed by atoms with van der Waals surface area (Å²) in [5.41, 5.74) is 0.492. The number of thiocarbonyl (C=S) groups is 1. The van der Waals surface area contributed by atoms with E-state index < -0.39 is 0 Å². The third-order valence-corrected chi connectivity index (χ3v) is 3.15. The Labute approximate surface area is 139 Å². The van der Waals surface area contributed by atoms with Gasteiger partial charge in [0, 0.05) is 12.7 Å². The molecular weight excluding hydrogens is 316 g/mol. The Bertz CT molecular complexity index is 626. The van der Waals surface area contributed by atoms with Gasteiger partial charge in [0.15, 0.2) is 5.11 Å². The summed E-state index contributed by atoms with van der Waals surface area (Å²) in [5.74, 6) is 1.13. The van der Waals surface area contributed by atoms with E-state index in [1.165, 1.54) is 0 Å². The third-order valence-electron chi connectivity index (χ3n) is 2.90. The standard InChI is InChI=1S/C16H18N2O4S/c1-20-9-10-22-13-6-4-12(5-7-13)15(19)18-16(23)17-11-14-3-2-8-21-14/h2-8H,9-11H2,1H3,(H2,17,18,19,23). The first kappa shape index (κ1) is 17.0. The highest BCUT2D eigenvalue weighted by molar-refractivity contribution is 7.80. The molecule has 1 heterocycles. The lowest BCUT2D eigenvalue weighted by molar-refractivity contribution is 0.0976. The zero-order chi connectivity index (χ0) is 16.5. The van der Waals surface area contributed by atoms with E-state index in [4.69, 9.17) is 26.1 Å². The predicted octanol–water partition coefficient (Wildman–Crippen LogP) is 2.11. The van der Waals surface area contributed by atoms with Crippen LogP contribution in [0.15, 0.2) is 47.1 Å². The van der Waals surface area contributed by atoms with E-state index in [2.05, 4.69) is 10.6 Å². The number of rotatable bonds is 7. The van der Waals surface area contributed by atoms with Gasteiger partial charge in [-0.25, -0.2) is 0 Å². The predicted molar refractivity (Wildman–Crippen MR) is 89.4 cm³/mol. The molecule has 0 fully saturated rings. The van der Waals surface area contributed by atoms with E-state index >= 15 is 0 Å². The lowest BCUT2D eigenvalue weighted by atomic mass is 10.2. The normalized spacial score (nSPS) is 10.1. The Kier molecular flexibility index (Phi) is 6.58. The van der Waals surface area contributed by atoms with Crippen LogP contribution in [-0.4, -0.2) is 31.3 Å². The fraction of sp³-hybridized carbons (Fsp3) is 0.250. The highest BCUT2D eigenvalue weighted by atomic mass is 32.1. The molecular formula is C16H18N2O4S. The molecule has 0 unspecified atom stereocenters. The zero-order valence-electron chi connectivity index (χ0n) is 12.7. The highest BCUT2D eigenvalue weighted by Crippen LogP contribution is 2.12. The van der Waals surface area contributed by atoms with E-state index in [0.29, 0.717) is 31.1 Å². The van der Waals surface area contributed by atoms with Gasteiger partial charge in [0.2, 0.25) is 0 Å². The molecule has 0 radical (unpaired) electrons. The molecule has 0 saturated carbocycles. The fourth-order valence-corrected chi connectivity index (χ4v) is 1.91. The quantitative estimate of drug-likeness (QED) is 0.597. The van der Waals surface area contributed by atoms with Gasteiger partial charge in [0.05, 0.1) is 19.4 Å². The molecule has 1 aromatic heterocycles. The van der Waals surface area contributed by atoms with E-state index in [-0.39, 0.29) is 11.0 Å². The van der Waals surface area contributed by atoms with Crippen LogP contribution in [0.5, 0.6) is 5.75 Å². The number of benzene rings is 1. The van der Waals surface area contributed by atoms with Crippen LogP contribution in [0.3, 0.4) is 0 Å². The monoisotopic (exact) mass is 334 g/mol. The lowest BCUT2D eigenvalue weighted by Gasteiger charge is -2.09. The van der Waals surface area contributed by atoms with Gasteiger partial charge in [-0.1, -0.05) is 0 Å². The van der Waals surface area contributed by atoms with Crippen molar-refractivity contribution in [1.82, 2.24) is 10.6 Å². The molecule has 122 valence electrons. The Balaban J connectivity index is 1.79. The van der Waals surface area contributed by atoms with E-state index in [0.717, 1.165) is 5.76 Å². The Morgan fingerprint density at radius 1 is 1.22 bits per heavy atom. The maximum atomic E-state index is 12.1. The number of ether oxygens (including phenoxy) is 2. The highest BCUT2D eigenvalue weighted by Gasteiger charge is 2.08. The van der Waals surface area contributed by atoms with Gasteiger partial charge >= 0.3 is 0 Å². The van der Waals surface area contributed by atoms with Crippen LogP contribution in [-0.2, 0) is 11.3 Å². The summed E-state index contributed by atoms with van der Waals surface area (Å²) in [4.78, 5) is 12.1. The first-order valence-electron chi connectivity index (χ1n) is 7.02. The summed E-state index contributed by atoms with van der Waals surface area (Å²) >= 11 is 5.08. The molecule has 1 aromatic carbocycles. The number of methoxy groups -OCH3 is 1. The van der Waals surface area contributed by atoms with Crippen LogP contribution in [0.1, 0.15) is 16.1 Å². The molecule has 0 spiro atoms. The Morgan fingerprint density at radius 2 is 2.00 bits per heavy atom. The van der Waals surface area contributed by atoms with Crippen molar-refractivity contribution in [3.8, 4) is 5.75 Å². The van der Waals surface area contributed by atoms with E-state index in [1.807, 2.05) is 6.07 Å². The molecule has 23 heavy (non-hydrogen) atoms. The number of carbonyl (C=O) groups is 1. The number of hydrogen-bond donors (Lipinski definition) is 2. The number of carbonyl (C=O) groups excluding carboxylic acids is 1. The molecule has 2 aromatic rings. The maximum Gasteiger partial charge on any atom is 0.257 e. The smallest absolute Gasteiger partial charge is 0.257 e. The van der Waals surface area contributed by atoms with Crippen molar-refractivity contribution < 1.29 is 18.7 Å². The summed E-state index contributed by atoms with van der Waals surface area (Å²) in [5, 5.41) is 5.75. The van der Waals surface area contributed by atoms with Crippen LogP contribution in [0.25, 0.3) is 0 Å². The largest absolute Gasteiger partial charge is 0.491 e. The first-order valence-corrected chi connectivity index (χ1v) is 7.43. The van der Waals surface area contributed by atoms with Crippen LogP contribution in [0, 0.1) is 0 Å². The van der Waals surface area contributed by atoms with Gasteiger partial charge in [0.1, 0.15) is 18.1 Å². The molecule has 2 N–H and O–H groups in total. The first-order chi connectivity index (χ1) is 11.2.